The van der Waals surface area contributed by atoms with Crippen LogP contribution in [0.25, 0.3) is 6.08 Å². The average molecular weight is 379 g/mol. The Balaban J connectivity index is 1.99. The summed E-state index contributed by atoms with van der Waals surface area (Å²) in [6.07, 6.45) is 4.16. The van der Waals surface area contributed by atoms with Crippen molar-refractivity contribution in [1.29, 1.82) is 0 Å². The van der Waals surface area contributed by atoms with Gasteiger partial charge in [0.25, 0.3) is 0 Å². The molecule has 0 bridgehead atoms. The van der Waals surface area contributed by atoms with E-state index in [0.29, 0.717) is 24.3 Å². The van der Waals surface area contributed by atoms with Crippen molar-refractivity contribution in [3.8, 4) is 11.8 Å². The fourth-order valence-corrected chi connectivity index (χ4v) is 6.51. The first-order chi connectivity index (χ1) is 13.0. The molecule has 3 heteroatoms. The summed E-state index contributed by atoms with van der Waals surface area (Å²) in [6.45, 7) is 9.73. The lowest BCUT2D eigenvalue weighted by Crippen LogP contribution is -2.48. The van der Waals surface area contributed by atoms with Crippen LogP contribution in [0.1, 0.15) is 38.8 Å². The molecular formula is C24H30O2Si. The molecule has 0 saturated heterocycles. The van der Waals surface area contributed by atoms with Gasteiger partial charge in [0.2, 0.25) is 0 Å². The van der Waals surface area contributed by atoms with Gasteiger partial charge in [-0.1, -0.05) is 100 Å². The maximum atomic E-state index is 6.39. The van der Waals surface area contributed by atoms with Gasteiger partial charge >= 0.3 is 8.56 Å². The lowest BCUT2D eigenvalue weighted by atomic mass is 10.2. The molecule has 142 valence electrons. The third kappa shape index (κ3) is 6.52. The molecule has 2 rings (SSSR count). The topological polar surface area (TPSA) is 18.5 Å². The lowest BCUT2D eigenvalue weighted by Gasteiger charge is -2.36. The van der Waals surface area contributed by atoms with Crippen LogP contribution in [0, 0.1) is 11.8 Å². The maximum Gasteiger partial charge on any atom is 0.344 e. The first-order valence-electron chi connectivity index (χ1n) is 9.58. The molecule has 0 atom stereocenters. The van der Waals surface area contributed by atoms with E-state index in [1.54, 1.807) is 0 Å². The molecule has 0 spiro atoms. The average Bonchev–Trinajstić information content (AvgIpc) is 2.68. The fraction of sp³-hybridized carbons (Fsp3) is 0.333. The van der Waals surface area contributed by atoms with E-state index in [1.165, 1.54) is 5.56 Å². The van der Waals surface area contributed by atoms with Gasteiger partial charge in [-0.3, -0.25) is 0 Å². The van der Waals surface area contributed by atoms with Gasteiger partial charge in [0.1, 0.15) is 0 Å². The maximum absolute atomic E-state index is 6.39. The summed E-state index contributed by atoms with van der Waals surface area (Å²) in [4.78, 5) is 0. The Morgan fingerprint density at radius 1 is 0.852 bits per heavy atom. The van der Waals surface area contributed by atoms with Crippen LogP contribution in [0.5, 0.6) is 0 Å². The minimum Gasteiger partial charge on any atom is -0.390 e. The van der Waals surface area contributed by atoms with Crippen LogP contribution < -0.4 is 0 Å². The molecule has 27 heavy (non-hydrogen) atoms. The molecule has 0 fully saturated rings. The van der Waals surface area contributed by atoms with Crippen molar-refractivity contribution in [2.75, 3.05) is 13.2 Å². The number of hydrogen-bond donors (Lipinski definition) is 0. The van der Waals surface area contributed by atoms with Crippen molar-refractivity contribution in [1.82, 2.24) is 0 Å². The van der Waals surface area contributed by atoms with E-state index >= 15 is 0 Å². The highest BCUT2D eigenvalue weighted by molar-refractivity contribution is 6.70. The Bertz CT molecular complexity index is 747. The molecular weight excluding hydrogens is 348 g/mol. The van der Waals surface area contributed by atoms with Gasteiger partial charge in [-0.25, -0.2) is 0 Å². The van der Waals surface area contributed by atoms with Gasteiger partial charge in [0.15, 0.2) is 0 Å². The van der Waals surface area contributed by atoms with E-state index in [9.17, 15) is 0 Å². The van der Waals surface area contributed by atoms with E-state index in [-0.39, 0.29) is 0 Å². The first-order valence-corrected chi connectivity index (χ1v) is 11.5. The molecule has 0 saturated carbocycles. The van der Waals surface area contributed by atoms with Gasteiger partial charge in [0, 0.05) is 5.56 Å². The molecule has 0 aliphatic heterocycles. The standard InChI is InChI=1S/C24H30O2Si/c1-21(2)27(22(3)4,25-19-11-17-23-13-7-5-8-14-23)26-20-12-18-24-15-9-6-10-16-24/h5-11,13-17,21-22H,19-20H2,1-4H3/b17-11+. The van der Waals surface area contributed by atoms with Crippen LogP contribution in [0.4, 0.5) is 0 Å². The number of hydrogen-bond acceptors (Lipinski definition) is 2. The van der Waals surface area contributed by atoms with Gasteiger partial charge < -0.3 is 8.85 Å². The number of benzene rings is 2. The zero-order valence-corrected chi connectivity index (χ0v) is 17.8. The Hall–Kier alpha value is -2.12. The van der Waals surface area contributed by atoms with E-state index in [1.807, 2.05) is 48.5 Å². The fourth-order valence-electron chi connectivity index (χ4n) is 3.11. The summed E-state index contributed by atoms with van der Waals surface area (Å²) in [7, 11) is -2.38. The third-order valence-corrected chi connectivity index (χ3v) is 8.93. The molecule has 2 aromatic rings. The summed E-state index contributed by atoms with van der Waals surface area (Å²) in [6, 6.07) is 20.3. The zero-order chi connectivity index (χ0) is 19.5. The molecule has 0 radical (unpaired) electrons. The summed E-state index contributed by atoms with van der Waals surface area (Å²) in [5.41, 5.74) is 2.88. The Morgan fingerprint density at radius 3 is 2.04 bits per heavy atom. The second-order valence-corrected chi connectivity index (χ2v) is 11.4. The summed E-state index contributed by atoms with van der Waals surface area (Å²) in [5, 5.41) is 0. The highest BCUT2D eigenvalue weighted by Gasteiger charge is 2.44. The normalized spacial score (nSPS) is 11.8. The predicted octanol–water partition coefficient (Wildman–Crippen LogP) is 6.05. The summed E-state index contributed by atoms with van der Waals surface area (Å²) >= 11 is 0. The van der Waals surface area contributed by atoms with Crippen molar-refractivity contribution in [3.05, 3.63) is 77.9 Å². The van der Waals surface area contributed by atoms with Crippen LogP contribution in [-0.4, -0.2) is 21.8 Å². The number of rotatable bonds is 8. The largest absolute Gasteiger partial charge is 0.390 e. The first kappa shape index (κ1) is 21.2. The lowest BCUT2D eigenvalue weighted by molar-refractivity contribution is 0.186. The van der Waals surface area contributed by atoms with E-state index in [0.717, 1.165) is 5.56 Å². The zero-order valence-electron chi connectivity index (χ0n) is 16.8. The van der Waals surface area contributed by atoms with Crippen molar-refractivity contribution in [2.24, 2.45) is 0 Å². The highest BCUT2D eigenvalue weighted by atomic mass is 28.4. The molecule has 0 aliphatic carbocycles. The summed E-state index contributed by atoms with van der Waals surface area (Å²) in [5.74, 6) is 6.31. The van der Waals surface area contributed by atoms with Gasteiger partial charge in [0.05, 0.1) is 13.2 Å². The van der Waals surface area contributed by atoms with Gasteiger partial charge in [-0.15, -0.1) is 0 Å². The molecule has 0 aliphatic rings. The minimum absolute atomic E-state index is 0.348. The smallest absolute Gasteiger partial charge is 0.344 e. The molecule has 0 heterocycles. The molecule has 0 amide bonds. The van der Waals surface area contributed by atoms with Crippen molar-refractivity contribution in [2.45, 2.75) is 38.8 Å². The molecule has 0 aromatic heterocycles. The quantitative estimate of drug-likeness (QED) is 0.411. The highest BCUT2D eigenvalue weighted by Crippen LogP contribution is 2.34. The van der Waals surface area contributed by atoms with Gasteiger partial charge in [-0.05, 0) is 28.8 Å². The third-order valence-electron chi connectivity index (χ3n) is 4.50. The van der Waals surface area contributed by atoms with Crippen molar-refractivity contribution >= 4 is 14.6 Å². The second-order valence-electron chi connectivity index (χ2n) is 7.11. The Kier molecular flexibility index (Phi) is 8.54. The molecule has 0 unspecified atom stereocenters. The monoisotopic (exact) mass is 378 g/mol. The van der Waals surface area contributed by atoms with Crippen LogP contribution in [0.3, 0.4) is 0 Å². The van der Waals surface area contributed by atoms with Crippen LogP contribution in [0.2, 0.25) is 11.1 Å². The van der Waals surface area contributed by atoms with Gasteiger partial charge in [-0.2, -0.15) is 0 Å². The minimum atomic E-state index is -2.38. The van der Waals surface area contributed by atoms with E-state index < -0.39 is 8.56 Å². The second kappa shape index (κ2) is 10.9. The molecule has 2 aromatic carbocycles. The molecule has 2 nitrogen and oxygen atoms in total. The Morgan fingerprint density at radius 2 is 1.44 bits per heavy atom. The van der Waals surface area contributed by atoms with Crippen molar-refractivity contribution in [3.63, 3.8) is 0 Å². The van der Waals surface area contributed by atoms with E-state index in [2.05, 4.69) is 63.8 Å². The predicted molar refractivity (Wildman–Crippen MR) is 117 cm³/mol. The Labute approximate surface area is 165 Å². The molecule has 0 N–H and O–H groups in total. The van der Waals surface area contributed by atoms with Crippen molar-refractivity contribution < 1.29 is 8.85 Å². The van der Waals surface area contributed by atoms with Crippen LogP contribution >= 0.6 is 0 Å². The van der Waals surface area contributed by atoms with E-state index in [4.69, 9.17) is 8.85 Å². The SMILES string of the molecule is CC(C)[Si](OCC#Cc1ccccc1)(OC/C=C/c1ccccc1)C(C)C. The van der Waals surface area contributed by atoms with Crippen LogP contribution in [-0.2, 0) is 8.85 Å². The van der Waals surface area contributed by atoms with Crippen LogP contribution in [0.15, 0.2) is 66.7 Å². The summed E-state index contributed by atoms with van der Waals surface area (Å²) < 4.78 is 12.7.